The fraction of sp³-hybridized carbons (Fsp3) is 0.188. The summed E-state index contributed by atoms with van der Waals surface area (Å²) in [6.07, 6.45) is 0. The Bertz CT molecular complexity index is 656. The average Bonchev–Trinajstić information content (AvgIpc) is 2.40. The molecular weight excluding hydrogens is 332 g/mol. The number of hydrogen-bond acceptors (Lipinski definition) is 3. The molecule has 0 fully saturated rings. The zero-order valence-electron chi connectivity index (χ0n) is 11.9. The maximum atomic E-state index is 11.2. The van der Waals surface area contributed by atoms with Crippen molar-refractivity contribution < 1.29 is 9.53 Å². The number of amides is 1. The average molecular weight is 349 g/mol. The van der Waals surface area contributed by atoms with E-state index in [2.05, 4.69) is 21.2 Å². The van der Waals surface area contributed by atoms with Crippen LogP contribution >= 0.6 is 15.9 Å². The molecule has 0 heterocycles. The number of rotatable bonds is 4. The largest absolute Gasteiger partial charge is 0.455 e. The van der Waals surface area contributed by atoms with Crippen LogP contribution in [0.5, 0.6) is 11.5 Å². The summed E-state index contributed by atoms with van der Waals surface area (Å²) in [7, 11) is 0. The highest BCUT2D eigenvalue weighted by Crippen LogP contribution is 2.32. The minimum absolute atomic E-state index is 0.0555. The summed E-state index contributed by atoms with van der Waals surface area (Å²) >= 11 is 3.49. The van der Waals surface area contributed by atoms with E-state index in [9.17, 15) is 4.79 Å². The smallest absolute Gasteiger partial charge is 0.221 e. The van der Waals surface area contributed by atoms with E-state index in [0.717, 1.165) is 10.0 Å². The van der Waals surface area contributed by atoms with Crippen molar-refractivity contribution in [1.29, 1.82) is 0 Å². The van der Waals surface area contributed by atoms with Gasteiger partial charge in [0.15, 0.2) is 5.75 Å². The van der Waals surface area contributed by atoms with Gasteiger partial charge in [-0.1, -0.05) is 34.1 Å². The molecule has 2 aromatic carbocycles. The highest BCUT2D eigenvalue weighted by molar-refractivity contribution is 9.10. The van der Waals surface area contributed by atoms with E-state index < -0.39 is 0 Å². The number of nitrogens with two attached hydrogens (primary N) is 1. The van der Waals surface area contributed by atoms with Crippen LogP contribution in [-0.2, 0) is 4.79 Å². The predicted octanol–water partition coefficient (Wildman–Crippen LogP) is 4.22. The van der Waals surface area contributed by atoms with E-state index in [1.54, 1.807) is 12.1 Å². The number of halogens is 1. The zero-order chi connectivity index (χ0) is 15.4. The summed E-state index contributed by atoms with van der Waals surface area (Å²) in [5, 5.41) is 2.74. The van der Waals surface area contributed by atoms with Crippen molar-refractivity contribution in [3.8, 4) is 11.5 Å². The van der Waals surface area contributed by atoms with Crippen molar-refractivity contribution >= 4 is 27.5 Å². The van der Waals surface area contributed by atoms with Crippen LogP contribution in [0.3, 0.4) is 0 Å². The van der Waals surface area contributed by atoms with Crippen LogP contribution in [0.4, 0.5) is 5.69 Å². The lowest BCUT2D eigenvalue weighted by molar-refractivity contribution is -0.114. The third-order valence-corrected chi connectivity index (χ3v) is 3.57. The van der Waals surface area contributed by atoms with Gasteiger partial charge in [-0.05, 0) is 36.8 Å². The molecule has 0 radical (unpaired) electrons. The topological polar surface area (TPSA) is 64.3 Å². The van der Waals surface area contributed by atoms with Gasteiger partial charge in [-0.2, -0.15) is 0 Å². The molecule has 110 valence electrons. The summed E-state index contributed by atoms with van der Waals surface area (Å²) in [6.45, 7) is 3.39. The van der Waals surface area contributed by atoms with Gasteiger partial charge in [-0.15, -0.1) is 0 Å². The molecular formula is C16H17BrN2O2. The lowest BCUT2D eigenvalue weighted by Gasteiger charge is -2.13. The van der Waals surface area contributed by atoms with Crippen LogP contribution in [0, 0.1) is 0 Å². The number of hydrogen-bond donors (Lipinski definition) is 2. The number of anilines is 1. The molecule has 4 nitrogen and oxygen atoms in total. The highest BCUT2D eigenvalue weighted by Gasteiger charge is 2.09. The van der Waals surface area contributed by atoms with E-state index >= 15 is 0 Å². The van der Waals surface area contributed by atoms with E-state index in [1.165, 1.54) is 6.92 Å². The number of para-hydroxylation sites is 2. The van der Waals surface area contributed by atoms with Crippen molar-refractivity contribution in [1.82, 2.24) is 0 Å². The normalized spacial score (nSPS) is 11.8. The van der Waals surface area contributed by atoms with Crippen LogP contribution in [-0.4, -0.2) is 5.91 Å². The second kappa shape index (κ2) is 6.74. The molecule has 0 saturated heterocycles. The molecule has 2 aromatic rings. The Hall–Kier alpha value is -1.85. The number of ether oxygens (including phenoxy) is 1. The van der Waals surface area contributed by atoms with Crippen LogP contribution in [0.15, 0.2) is 46.9 Å². The molecule has 0 aliphatic heterocycles. The second-order valence-electron chi connectivity index (χ2n) is 4.75. The SMILES string of the molecule is CC(=O)Nc1ccccc1Oc1ccc([C@@H](C)N)c(Br)c1. The molecule has 1 amide bonds. The number of carbonyl (C=O) groups is 1. The fourth-order valence-corrected chi connectivity index (χ4v) is 2.64. The van der Waals surface area contributed by atoms with Crippen molar-refractivity contribution in [3.05, 3.63) is 52.5 Å². The first-order valence-electron chi connectivity index (χ1n) is 6.57. The van der Waals surface area contributed by atoms with Crippen LogP contribution in [0.1, 0.15) is 25.5 Å². The van der Waals surface area contributed by atoms with Crippen molar-refractivity contribution in [2.24, 2.45) is 5.73 Å². The third kappa shape index (κ3) is 4.06. The quantitative estimate of drug-likeness (QED) is 0.869. The summed E-state index contributed by atoms with van der Waals surface area (Å²) in [4.78, 5) is 11.2. The van der Waals surface area contributed by atoms with Gasteiger partial charge >= 0.3 is 0 Å². The Morgan fingerprint density at radius 1 is 1.29 bits per heavy atom. The molecule has 1 atom stereocenters. The minimum atomic E-state index is -0.139. The van der Waals surface area contributed by atoms with Crippen molar-refractivity contribution in [3.63, 3.8) is 0 Å². The lowest BCUT2D eigenvalue weighted by atomic mass is 10.1. The van der Waals surface area contributed by atoms with E-state index in [4.69, 9.17) is 10.5 Å². The lowest BCUT2D eigenvalue weighted by Crippen LogP contribution is -2.07. The molecule has 3 N–H and O–H groups in total. The van der Waals surface area contributed by atoms with Gasteiger partial charge in [-0.25, -0.2) is 0 Å². The third-order valence-electron chi connectivity index (χ3n) is 2.89. The van der Waals surface area contributed by atoms with Gasteiger partial charge in [0, 0.05) is 17.4 Å². The first kappa shape index (κ1) is 15.5. The van der Waals surface area contributed by atoms with Crippen LogP contribution < -0.4 is 15.8 Å². The fourth-order valence-electron chi connectivity index (χ4n) is 1.92. The molecule has 2 rings (SSSR count). The van der Waals surface area contributed by atoms with Gasteiger partial charge in [0.2, 0.25) is 5.91 Å². The maximum Gasteiger partial charge on any atom is 0.221 e. The first-order valence-corrected chi connectivity index (χ1v) is 7.36. The first-order chi connectivity index (χ1) is 9.97. The molecule has 0 saturated carbocycles. The number of nitrogens with one attached hydrogen (secondary N) is 1. The van der Waals surface area contributed by atoms with Gasteiger partial charge in [0.05, 0.1) is 5.69 Å². The Labute approximate surface area is 132 Å². The number of carbonyl (C=O) groups excluding carboxylic acids is 1. The summed E-state index contributed by atoms with van der Waals surface area (Å²) in [6, 6.07) is 12.9. The van der Waals surface area contributed by atoms with Gasteiger partial charge in [-0.3, -0.25) is 4.79 Å². The van der Waals surface area contributed by atoms with Gasteiger partial charge < -0.3 is 15.8 Å². The van der Waals surface area contributed by atoms with Crippen molar-refractivity contribution in [2.45, 2.75) is 19.9 Å². The predicted molar refractivity (Wildman–Crippen MR) is 87.6 cm³/mol. The van der Waals surface area contributed by atoms with Gasteiger partial charge in [0.1, 0.15) is 5.75 Å². The Morgan fingerprint density at radius 3 is 2.62 bits per heavy atom. The van der Waals surface area contributed by atoms with E-state index in [-0.39, 0.29) is 11.9 Å². The van der Waals surface area contributed by atoms with E-state index in [0.29, 0.717) is 17.2 Å². The Balaban J connectivity index is 2.26. The number of benzene rings is 2. The molecule has 21 heavy (non-hydrogen) atoms. The minimum Gasteiger partial charge on any atom is -0.455 e. The molecule has 0 unspecified atom stereocenters. The summed E-state index contributed by atoms with van der Waals surface area (Å²) in [5.41, 5.74) is 7.53. The summed E-state index contributed by atoms with van der Waals surface area (Å²) < 4.78 is 6.74. The molecule has 0 bridgehead atoms. The standard InChI is InChI=1S/C16H17BrN2O2/c1-10(18)13-8-7-12(9-14(13)17)21-16-6-4-3-5-15(16)19-11(2)20/h3-10H,18H2,1-2H3,(H,19,20)/t10-/m1/s1. The maximum absolute atomic E-state index is 11.2. The van der Waals surface area contributed by atoms with Gasteiger partial charge in [0.25, 0.3) is 0 Å². The Morgan fingerprint density at radius 2 is 2.00 bits per heavy atom. The molecule has 0 spiro atoms. The molecule has 0 aliphatic rings. The van der Waals surface area contributed by atoms with E-state index in [1.807, 2.05) is 37.3 Å². The van der Waals surface area contributed by atoms with Crippen LogP contribution in [0.2, 0.25) is 0 Å². The van der Waals surface area contributed by atoms with Crippen LogP contribution in [0.25, 0.3) is 0 Å². The zero-order valence-corrected chi connectivity index (χ0v) is 13.5. The molecule has 0 aromatic heterocycles. The highest BCUT2D eigenvalue weighted by atomic mass is 79.9. The monoisotopic (exact) mass is 348 g/mol. The van der Waals surface area contributed by atoms with Crippen molar-refractivity contribution in [2.75, 3.05) is 5.32 Å². The Kier molecular flexibility index (Phi) is 4.98. The molecule has 5 heteroatoms. The second-order valence-corrected chi connectivity index (χ2v) is 5.61. The summed E-state index contributed by atoms with van der Waals surface area (Å²) in [5.74, 6) is 1.12. The molecule has 0 aliphatic carbocycles.